The van der Waals surface area contributed by atoms with Crippen molar-refractivity contribution in [2.45, 2.75) is 34.0 Å². The fourth-order valence-corrected chi connectivity index (χ4v) is 1.52. The SMILES string of the molecule is C=C(C)c1ccc(OC(OC)C(C)(C)C)cc1. The molecule has 1 aromatic carbocycles. The lowest BCUT2D eigenvalue weighted by Crippen LogP contribution is -2.33. The molecule has 1 unspecified atom stereocenters. The van der Waals surface area contributed by atoms with Gasteiger partial charge < -0.3 is 9.47 Å². The Labute approximate surface area is 104 Å². The first-order chi connectivity index (χ1) is 7.84. The molecule has 0 fully saturated rings. The van der Waals surface area contributed by atoms with E-state index in [1.807, 2.05) is 31.2 Å². The zero-order valence-electron chi connectivity index (χ0n) is 11.4. The van der Waals surface area contributed by atoms with E-state index >= 15 is 0 Å². The first-order valence-corrected chi connectivity index (χ1v) is 5.80. The van der Waals surface area contributed by atoms with E-state index < -0.39 is 0 Å². The van der Waals surface area contributed by atoms with E-state index in [1.54, 1.807) is 7.11 Å². The molecule has 0 N–H and O–H groups in total. The van der Waals surface area contributed by atoms with Gasteiger partial charge in [-0.2, -0.15) is 0 Å². The number of hydrogen-bond acceptors (Lipinski definition) is 2. The largest absolute Gasteiger partial charge is 0.464 e. The van der Waals surface area contributed by atoms with Gasteiger partial charge >= 0.3 is 0 Å². The van der Waals surface area contributed by atoms with Crippen LogP contribution in [0.1, 0.15) is 33.3 Å². The number of rotatable bonds is 4. The molecule has 94 valence electrons. The number of benzene rings is 1. The monoisotopic (exact) mass is 234 g/mol. The lowest BCUT2D eigenvalue weighted by atomic mass is 9.96. The molecular weight excluding hydrogens is 212 g/mol. The van der Waals surface area contributed by atoms with Crippen molar-refractivity contribution in [1.29, 1.82) is 0 Å². The molecule has 2 nitrogen and oxygen atoms in total. The maximum atomic E-state index is 5.81. The summed E-state index contributed by atoms with van der Waals surface area (Å²) in [6.45, 7) is 12.2. The summed E-state index contributed by atoms with van der Waals surface area (Å²) < 4.78 is 11.2. The predicted molar refractivity (Wildman–Crippen MR) is 72.0 cm³/mol. The van der Waals surface area contributed by atoms with E-state index in [2.05, 4.69) is 27.4 Å². The standard InChI is InChI=1S/C15H22O2/c1-11(2)12-7-9-13(10-8-12)17-14(16-6)15(3,4)5/h7-10,14H,1H2,2-6H3. The highest BCUT2D eigenvalue weighted by atomic mass is 16.7. The van der Waals surface area contributed by atoms with Crippen LogP contribution in [0.2, 0.25) is 0 Å². The minimum absolute atomic E-state index is 0.0538. The minimum Gasteiger partial charge on any atom is -0.464 e. The molecule has 1 atom stereocenters. The molecule has 0 aliphatic rings. The van der Waals surface area contributed by atoms with E-state index in [0.717, 1.165) is 16.9 Å². The molecule has 0 bridgehead atoms. The van der Waals surface area contributed by atoms with E-state index in [1.165, 1.54) is 0 Å². The van der Waals surface area contributed by atoms with Gasteiger partial charge in [0.25, 0.3) is 0 Å². The van der Waals surface area contributed by atoms with Crippen LogP contribution in [0.4, 0.5) is 0 Å². The second kappa shape index (κ2) is 5.37. The fourth-order valence-electron chi connectivity index (χ4n) is 1.52. The van der Waals surface area contributed by atoms with Gasteiger partial charge in [0.1, 0.15) is 5.75 Å². The Morgan fingerprint density at radius 2 is 1.71 bits per heavy atom. The third-order valence-corrected chi connectivity index (χ3v) is 2.51. The van der Waals surface area contributed by atoms with Crippen molar-refractivity contribution in [2.24, 2.45) is 5.41 Å². The topological polar surface area (TPSA) is 18.5 Å². The van der Waals surface area contributed by atoms with Gasteiger partial charge in [0, 0.05) is 12.5 Å². The molecule has 0 aliphatic heterocycles. The highest BCUT2D eigenvalue weighted by Gasteiger charge is 2.26. The molecule has 0 radical (unpaired) electrons. The van der Waals surface area contributed by atoms with Crippen LogP contribution >= 0.6 is 0 Å². The van der Waals surface area contributed by atoms with Crippen molar-refractivity contribution < 1.29 is 9.47 Å². The second-order valence-corrected chi connectivity index (χ2v) is 5.36. The summed E-state index contributed by atoms with van der Waals surface area (Å²) in [7, 11) is 1.66. The van der Waals surface area contributed by atoms with E-state index in [9.17, 15) is 0 Å². The molecule has 0 amide bonds. The summed E-state index contributed by atoms with van der Waals surface area (Å²) in [6, 6.07) is 7.91. The Balaban J connectivity index is 2.78. The highest BCUT2D eigenvalue weighted by molar-refractivity contribution is 5.61. The summed E-state index contributed by atoms with van der Waals surface area (Å²) >= 11 is 0. The number of methoxy groups -OCH3 is 1. The Bertz CT molecular complexity index is 371. The Morgan fingerprint density at radius 1 is 1.18 bits per heavy atom. The summed E-state index contributed by atoms with van der Waals surface area (Å²) in [4.78, 5) is 0. The van der Waals surface area contributed by atoms with Crippen LogP contribution in [-0.2, 0) is 4.74 Å². The quantitative estimate of drug-likeness (QED) is 0.730. The summed E-state index contributed by atoms with van der Waals surface area (Å²) in [5, 5.41) is 0. The van der Waals surface area contributed by atoms with Crippen LogP contribution in [0.25, 0.3) is 5.57 Å². The highest BCUT2D eigenvalue weighted by Crippen LogP contribution is 2.26. The molecule has 0 aromatic heterocycles. The second-order valence-electron chi connectivity index (χ2n) is 5.36. The van der Waals surface area contributed by atoms with E-state index in [-0.39, 0.29) is 11.7 Å². The normalized spacial score (nSPS) is 13.2. The van der Waals surface area contributed by atoms with Gasteiger partial charge in [-0.3, -0.25) is 0 Å². The summed E-state index contributed by atoms with van der Waals surface area (Å²) in [6.07, 6.45) is -0.252. The van der Waals surface area contributed by atoms with Gasteiger partial charge in [-0.25, -0.2) is 0 Å². The van der Waals surface area contributed by atoms with Gasteiger partial charge in [-0.1, -0.05) is 45.1 Å². The van der Waals surface area contributed by atoms with Crippen LogP contribution in [-0.4, -0.2) is 13.4 Å². The summed E-state index contributed by atoms with van der Waals surface area (Å²) in [5.74, 6) is 0.816. The third-order valence-electron chi connectivity index (χ3n) is 2.51. The van der Waals surface area contributed by atoms with E-state index in [4.69, 9.17) is 9.47 Å². The van der Waals surface area contributed by atoms with Crippen molar-refractivity contribution in [1.82, 2.24) is 0 Å². The molecular formula is C15H22O2. The average molecular weight is 234 g/mol. The molecule has 0 heterocycles. The number of hydrogen-bond donors (Lipinski definition) is 0. The van der Waals surface area contributed by atoms with Gasteiger partial charge in [0.05, 0.1) is 0 Å². The number of ether oxygens (including phenoxy) is 2. The van der Waals surface area contributed by atoms with Crippen LogP contribution in [0, 0.1) is 5.41 Å². The van der Waals surface area contributed by atoms with Crippen molar-refractivity contribution in [3.05, 3.63) is 36.4 Å². The Hall–Kier alpha value is -1.28. The molecule has 0 saturated carbocycles. The fraction of sp³-hybridized carbons (Fsp3) is 0.467. The van der Waals surface area contributed by atoms with E-state index in [0.29, 0.717) is 0 Å². The van der Waals surface area contributed by atoms with Crippen LogP contribution in [0.5, 0.6) is 5.75 Å². The lowest BCUT2D eigenvalue weighted by Gasteiger charge is -2.29. The summed E-state index contributed by atoms with van der Waals surface area (Å²) in [5.41, 5.74) is 2.12. The first kappa shape index (κ1) is 13.8. The van der Waals surface area contributed by atoms with Crippen LogP contribution in [0.3, 0.4) is 0 Å². The van der Waals surface area contributed by atoms with Crippen LogP contribution in [0.15, 0.2) is 30.8 Å². The molecule has 0 aliphatic carbocycles. The maximum Gasteiger partial charge on any atom is 0.204 e. The first-order valence-electron chi connectivity index (χ1n) is 5.80. The Kier molecular flexibility index (Phi) is 4.35. The number of allylic oxidation sites excluding steroid dienone is 1. The molecule has 0 saturated heterocycles. The van der Waals surface area contributed by atoms with Crippen molar-refractivity contribution in [2.75, 3.05) is 7.11 Å². The van der Waals surface area contributed by atoms with Gasteiger partial charge in [-0.15, -0.1) is 0 Å². The lowest BCUT2D eigenvalue weighted by molar-refractivity contribution is -0.120. The van der Waals surface area contributed by atoms with Crippen molar-refractivity contribution >= 4 is 5.57 Å². The average Bonchev–Trinajstić information content (AvgIpc) is 2.24. The molecule has 1 rings (SSSR count). The zero-order chi connectivity index (χ0) is 13.1. The molecule has 17 heavy (non-hydrogen) atoms. The van der Waals surface area contributed by atoms with Gasteiger partial charge in [0.2, 0.25) is 6.29 Å². The van der Waals surface area contributed by atoms with Gasteiger partial charge in [-0.05, 0) is 24.6 Å². The van der Waals surface area contributed by atoms with Crippen LogP contribution < -0.4 is 4.74 Å². The molecule has 1 aromatic rings. The predicted octanol–water partition coefficient (Wildman–Crippen LogP) is 4.12. The third kappa shape index (κ3) is 3.90. The van der Waals surface area contributed by atoms with Gasteiger partial charge in [0.15, 0.2) is 0 Å². The minimum atomic E-state index is -0.252. The molecule has 0 spiro atoms. The maximum absolute atomic E-state index is 5.81. The smallest absolute Gasteiger partial charge is 0.204 e. The Morgan fingerprint density at radius 3 is 2.06 bits per heavy atom. The zero-order valence-corrected chi connectivity index (χ0v) is 11.4. The van der Waals surface area contributed by atoms with Crippen molar-refractivity contribution in [3.63, 3.8) is 0 Å². The van der Waals surface area contributed by atoms with Crippen molar-refractivity contribution in [3.8, 4) is 5.75 Å². The molecule has 2 heteroatoms.